The third-order valence-electron chi connectivity index (χ3n) is 2.90. The van der Waals surface area contributed by atoms with Crippen molar-refractivity contribution in [3.05, 3.63) is 41.7 Å². The Hall–Kier alpha value is -2.81. The van der Waals surface area contributed by atoms with Crippen LogP contribution in [0.2, 0.25) is 0 Å². The minimum Gasteiger partial charge on any atom is -0.487 e. The maximum atomic E-state index is 11.5. The van der Waals surface area contributed by atoms with Crippen LogP contribution >= 0.6 is 0 Å². The van der Waals surface area contributed by atoms with E-state index in [9.17, 15) is 4.79 Å². The maximum Gasteiger partial charge on any atom is 0.238 e. The van der Waals surface area contributed by atoms with Gasteiger partial charge in [-0.05, 0) is 19.1 Å². The smallest absolute Gasteiger partial charge is 0.238 e. The van der Waals surface area contributed by atoms with Gasteiger partial charge in [-0.25, -0.2) is 0 Å². The Morgan fingerprint density at radius 3 is 2.90 bits per heavy atom. The largest absolute Gasteiger partial charge is 0.487 e. The number of benzene rings is 1. The van der Waals surface area contributed by atoms with Gasteiger partial charge in [-0.3, -0.25) is 9.48 Å². The molecule has 6 heteroatoms. The summed E-state index contributed by atoms with van der Waals surface area (Å²) in [4.78, 5) is 11.5. The summed E-state index contributed by atoms with van der Waals surface area (Å²) in [5.74, 6) is 0.207. The minimum atomic E-state index is -0.355. The van der Waals surface area contributed by atoms with Crippen LogP contribution in [-0.4, -0.2) is 15.7 Å². The van der Waals surface area contributed by atoms with E-state index in [0.29, 0.717) is 18.0 Å². The summed E-state index contributed by atoms with van der Waals surface area (Å²) in [5, 5.41) is 15.4. The molecule has 1 N–H and O–H groups in total. The zero-order valence-corrected chi connectivity index (χ0v) is 12.0. The van der Waals surface area contributed by atoms with Crippen molar-refractivity contribution in [3.63, 3.8) is 0 Å². The van der Waals surface area contributed by atoms with E-state index in [2.05, 4.69) is 10.4 Å². The van der Waals surface area contributed by atoms with E-state index in [1.807, 2.05) is 32.3 Å². The van der Waals surface area contributed by atoms with Gasteiger partial charge in [-0.2, -0.15) is 10.4 Å². The molecular formula is C15H16N4O2. The fraction of sp³-hybridized carbons (Fsp3) is 0.267. The van der Waals surface area contributed by atoms with Crippen LogP contribution in [0.15, 0.2) is 30.5 Å². The van der Waals surface area contributed by atoms with Gasteiger partial charge in [0.1, 0.15) is 18.8 Å². The highest BCUT2D eigenvalue weighted by atomic mass is 16.5. The highest BCUT2D eigenvalue weighted by molar-refractivity contribution is 5.93. The molecule has 0 bridgehead atoms. The third-order valence-corrected chi connectivity index (χ3v) is 2.90. The van der Waals surface area contributed by atoms with Gasteiger partial charge in [0.25, 0.3) is 0 Å². The molecule has 0 saturated heterocycles. The number of nitrogens with zero attached hydrogens (tertiary/aromatic N) is 3. The zero-order valence-electron chi connectivity index (χ0n) is 12.0. The van der Waals surface area contributed by atoms with E-state index in [0.717, 1.165) is 11.3 Å². The van der Waals surface area contributed by atoms with Gasteiger partial charge in [0.2, 0.25) is 5.91 Å². The van der Waals surface area contributed by atoms with Crippen LogP contribution in [0.3, 0.4) is 0 Å². The number of hydrogen-bond donors (Lipinski definition) is 1. The summed E-state index contributed by atoms with van der Waals surface area (Å²) in [7, 11) is 1.85. The van der Waals surface area contributed by atoms with Crippen molar-refractivity contribution in [1.82, 2.24) is 9.78 Å². The fourth-order valence-corrected chi connectivity index (χ4v) is 1.91. The van der Waals surface area contributed by atoms with Crippen molar-refractivity contribution in [1.29, 1.82) is 5.26 Å². The van der Waals surface area contributed by atoms with Crippen molar-refractivity contribution in [2.24, 2.45) is 7.05 Å². The zero-order chi connectivity index (χ0) is 15.2. The number of aromatic nitrogens is 2. The number of nitrogens with one attached hydrogen (secondary N) is 1. The summed E-state index contributed by atoms with van der Waals surface area (Å²) >= 11 is 0. The van der Waals surface area contributed by atoms with E-state index >= 15 is 0 Å². The number of anilines is 1. The lowest BCUT2D eigenvalue weighted by Gasteiger charge is -2.11. The molecule has 0 aliphatic rings. The Bertz CT molecular complexity index is 685. The first-order chi connectivity index (χ1) is 10.1. The highest BCUT2D eigenvalue weighted by Gasteiger charge is 2.09. The van der Waals surface area contributed by atoms with Crippen molar-refractivity contribution < 1.29 is 9.53 Å². The number of ether oxygens (including phenoxy) is 1. The molecule has 0 aliphatic heterocycles. The van der Waals surface area contributed by atoms with E-state index in [4.69, 9.17) is 10.00 Å². The van der Waals surface area contributed by atoms with Crippen LogP contribution in [0.1, 0.15) is 17.7 Å². The molecule has 2 rings (SSSR count). The fourth-order valence-electron chi connectivity index (χ4n) is 1.91. The quantitative estimate of drug-likeness (QED) is 0.912. The predicted molar refractivity (Wildman–Crippen MR) is 77.6 cm³/mol. The molecular weight excluding hydrogens is 268 g/mol. The summed E-state index contributed by atoms with van der Waals surface area (Å²) in [6.07, 6.45) is 1.71. The van der Waals surface area contributed by atoms with Crippen molar-refractivity contribution in [2.75, 3.05) is 5.32 Å². The van der Waals surface area contributed by atoms with Crippen LogP contribution in [0.4, 0.5) is 5.69 Å². The van der Waals surface area contributed by atoms with E-state index in [-0.39, 0.29) is 12.3 Å². The van der Waals surface area contributed by atoms with E-state index < -0.39 is 0 Å². The lowest BCUT2D eigenvalue weighted by Crippen LogP contribution is -2.11. The maximum absolute atomic E-state index is 11.5. The summed E-state index contributed by atoms with van der Waals surface area (Å²) in [5.41, 5.74) is 2.44. The van der Waals surface area contributed by atoms with Crippen LogP contribution in [0.5, 0.6) is 5.75 Å². The first-order valence-electron chi connectivity index (χ1n) is 6.48. The molecule has 0 fully saturated rings. The number of aryl methyl sites for hydroxylation is 2. The van der Waals surface area contributed by atoms with Crippen LogP contribution in [0.25, 0.3) is 0 Å². The molecule has 2 aromatic rings. The normalized spacial score (nSPS) is 9.95. The van der Waals surface area contributed by atoms with Crippen molar-refractivity contribution in [3.8, 4) is 11.8 Å². The topological polar surface area (TPSA) is 79.9 Å². The molecule has 108 valence electrons. The third kappa shape index (κ3) is 3.83. The standard InChI is InChI=1S/C15H16N4O2/c1-11-12(9-19(2)18-11)10-21-14-6-4-3-5-13(14)17-15(20)7-8-16/h3-6,9H,7,10H2,1-2H3,(H,17,20). The van der Waals surface area contributed by atoms with Crippen LogP contribution in [0, 0.1) is 18.3 Å². The van der Waals surface area contributed by atoms with Crippen molar-refractivity contribution in [2.45, 2.75) is 20.0 Å². The molecule has 1 aromatic heterocycles. The number of rotatable bonds is 5. The van der Waals surface area contributed by atoms with Gasteiger partial charge >= 0.3 is 0 Å². The molecule has 1 heterocycles. The Balaban J connectivity index is 2.08. The van der Waals surface area contributed by atoms with Crippen molar-refractivity contribution >= 4 is 11.6 Å². The lowest BCUT2D eigenvalue weighted by molar-refractivity contribution is -0.115. The summed E-state index contributed by atoms with van der Waals surface area (Å²) in [6.45, 7) is 2.28. The number of carbonyl (C=O) groups is 1. The molecule has 1 aromatic carbocycles. The molecule has 1 amide bonds. The van der Waals surface area contributed by atoms with Gasteiger partial charge in [0.05, 0.1) is 17.5 Å². The molecule has 0 atom stereocenters. The molecule has 0 aliphatic carbocycles. The Morgan fingerprint density at radius 2 is 2.24 bits per heavy atom. The molecule has 0 unspecified atom stereocenters. The number of amides is 1. The Labute approximate surface area is 123 Å². The number of carbonyl (C=O) groups excluding carboxylic acids is 1. The summed E-state index contributed by atoms with van der Waals surface area (Å²) < 4.78 is 7.48. The second-order valence-corrected chi connectivity index (χ2v) is 4.58. The van der Waals surface area contributed by atoms with Gasteiger partial charge in [-0.1, -0.05) is 12.1 Å². The van der Waals surface area contributed by atoms with Gasteiger partial charge in [0, 0.05) is 18.8 Å². The van der Waals surface area contributed by atoms with Gasteiger partial charge in [0.15, 0.2) is 0 Å². The van der Waals surface area contributed by atoms with Crippen LogP contribution in [-0.2, 0) is 18.4 Å². The molecule has 6 nitrogen and oxygen atoms in total. The van der Waals surface area contributed by atoms with Gasteiger partial charge < -0.3 is 10.1 Å². The Kier molecular flexibility index (Phi) is 4.57. The second kappa shape index (κ2) is 6.57. The highest BCUT2D eigenvalue weighted by Crippen LogP contribution is 2.25. The molecule has 0 radical (unpaired) electrons. The lowest BCUT2D eigenvalue weighted by atomic mass is 10.2. The second-order valence-electron chi connectivity index (χ2n) is 4.58. The monoisotopic (exact) mass is 284 g/mol. The molecule has 0 spiro atoms. The average molecular weight is 284 g/mol. The minimum absolute atomic E-state index is 0.184. The number of para-hydroxylation sites is 2. The van der Waals surface area contributed by atoms with Crippen LogP contribution < -0.4 is 10.1 Å². The first kappa shape index (κ1) is 14.6. The average Bonchev–Trinajstić information content (AvgIpc) is 2.76. The predicted octanol–water partition coefficient (Wildman–Crippen LogP) is 2.16. The van der Waals surface area contributed by atoms with E-state index in [1.165, 1.54) is 0 Å². The number of hydrogen-bond acceptors (Lipinski definition) is 4. The Morgan fingerprint density at radius 1 is 1.48 bits per heavy atom. The summed E-state index contributed by atoms with van der Waals surface area (Å²) in [6, 6.07) is 8.94. The molecule has 0 saturated carbocycles. The van der Waals surface area contributed by atoms with Gasteiger partial charge in [-0.15, -0.1) is 0 Å². The molecule has 21 heavy (non-hydrogen) atoms. The first-order valence-corrected chi connectivity index (χ1v) is 6.48. The van der Waals surface area contributed by atoms with E-state index in [1.54, 1.807) is 22.9 Å². The number of nitriles is 1. The SMILES string of the molecule is Cc1nn(C)cc1COc1ccccc1NC(=O)CC#N.